The van der Waals surface area contributed by atoms with Gasteiger partial charge in [0.05, 0.1) is 17.2 Å². The highest BCUT2D eigenvalue weighted by molar-refractivity contribution is 5.50. The summed E-state index contributed by atoms with van der Waals surface area (Å²) < 4.78 is 11.4. The Labute approximate surface area is 136 Å². The van der Waals surface area contributed by atoms with Crippen LogP contribution < -0.4 is 4.74 Å². The lowest BCUT2D eigenvalue weighted by Crippen LogP contribution is -2.08. The Bertz CT molecular complexity index is 761. The fraction of sp³-hybridized carbons (Fsp3) is 0.263. The fourth-order valence-corrected chi connectivity index (χ4v) is 2.73. The normalized spacial score (nSPS) is 17.6. The first-order chi connectivity index (χ1) is 11.2. The molecule has 1 aromatic carbocycles. The van der Waals surface area contributed by atoms with Crippen LogP contribution in [0.1, 0.15) is 30.9 Å². The van der Waals surface area contributed by atoms with Crippen molar-refractivity contribution in [2.24, 2.45) is 0 Å². The summed E-state index contributed by atoms with van der Waals surface area (Å²) in [7, 11) is 1.69. The summed E-state index contributed by atoms with van der Waals surface area (Å²) >= 11 is 0. The molecular formula is C19H18N2O2. The average Bonchev–Trinajstić information content (AvgIpc) is 3.02. The van der Waals surface area contributed by atoms with Gasteiger partial charge in [0.2, 0.25) is 0 Å². The maximum absolute atomic E-state index is 9.11. The average molecular weight is 306 g/mol. The third-order valence-electron chi connectivity index (χ3n) is 3.88. The van der Waals surface area contributed by atoms with Crippen LogP contribution >= 0.6 is 0 Å². The van der Waals surface area contributed by atoms with Gasteiger partial charge in [-0.2, -0.15) is 10.5 Å². The predicted octanol–water partition coefficient (Wildman–Crippen LogP) is 4.00. The van der Waals surface area contributed by atoms with Gasteiger partial charge in [0, 0.05) is 12.7 Å². The van der Waals surface area contributed by atoms with Crippen LogP contribution in [-0.4, -0.2) is 13.2 Å². The summed E-state index contributed by atoms with van der Waals surface area (Å²) in [6.45, 7) is 5.77. The van der Waals surface area contributed by atoms with E-state index in [9.17, 15) is 0 Å². The Morgan fingerprint density at radius 2 is 2.04 bits per heavy atom. The zero-order valence-corrected chi connectivity index (χ0v) is 13.3. The van der Waals surface area contributed by atoms with Crippen LogP contribution in [0.3, 0.4) is 0 Å². The molecule has 0 N–H and O–H groups in total. The first-order valence-corrected chi connectivity index (χ1v) is 7.35. The Morgan fingerprint density at radius 1 is 1.30 bits per heavy atom. The van der Waals surface area contributed by atoms with Crippen molar-refractivity contribution in [2.75, 3.05) is 7.11 Å². The van der Waals surface area contributed by atoms with Gasteiger partial charge in [-0.15, -0.1) is 0 Å². The van der Waals surface area contributed by atoms with Gasteiger partial charge in [-0.25, -0.2) is 0 Å². The summed E-state index contributed by atoms with van der Waals surface area (Å²) in [5.74, 6) is 1.26. The number of allylic oxidation sites excluding steroid dienone is 2. The molecular weight excluding hydrogens is 288 g/mol. The van der Waals surface area contributed by atoms with E-state index in [0.717, 1.165) is 29.7 Å². The van der Waals surface area contributed by atoms with Gasteiger partial charge < -0.3 is 9.47 Å². The molecule has 1 aliphatic carbocycles. The molecule has 116 valence electrons. The second-order valence-corrected chi connectivity index (χ2v) is 5.09. The summed E-state index contributed by atoms with van der Waals surface area (Å²) in [5.41, 5.74) is 2.75. The molecule has 1 unspecified atom stereocenters. The number of benzene rings is 1. The molecule has 0 bridgehead atoms. The molecule has 0 fully saturated rings. The van der Waals surface area contributed by atoms with Crippen molar-refractivity contribution in [3.8, 4) is 17.9 Å². The molecule has 0 saturated heterocycles. The van der Waals surface area contributed by atoms with Gasteiger partial charge in [0.1, 0.15) is 23.6 Å². The van der Waals surface area contributed by atoms with Crippen molar-refractivity contribution in [3.63, 3.8) is 0 Å². The van der Waals surface area contributed by atoms with Gasteiger partial charge in [-0.05, 0) is 49.6 Å². The Morgan fingerprint density at radius 3 is 2.61 bits per heavy atom. The summed E-state index contributed by atoms with van der Waals surface area (Å²) in [6.07, 6.45) is 5.48. The number of nitriles is 2. The molecule has 0 aliphatic heterocycles. The third kappa shape index (κ3) is 3.34. The minimum Gasteiger partial charge on any atom is -0.457 e. The molecule has 2 rings (SSSR count). The van der Waals surface area contributed by atoms with Crippen LogP contribution in [0.15, 0.2) is 53.8 Å². The molecule has 0 amide bonds. The van der Waals surface area contributed by atoms with E-state index in [1.54, 1.807) is 25.3 Å². The molecule has 1 atom stereocenters. The van der Waals surface area contributed by atoms with Crippen molar-refractivity contribution < 1.29 is 9.47 Å². The van der Waals surface area contributed by atoms with Crippen LogP contribution in [0.2, 0.25) is 0 Å². The van der Waals surface area contributed by atoms with Crippen LogP contribution in [0, 0.1) is 22.7 Å². The molecule has 0 radical (unpaired) electrons. The lowest BCUT2D eigenvalue weighted by Gasteiger charge is -2.14. The highest BCUT2D eigenvalue weighted by Crippen LogP contribution is 2.35. The monoisotopic (exact) mass is 306 g/mol. The first kappa shape index (κ1) is 16.5. The van der Waals surface area contributed by atoms with Crippen molar-refractivity contribution in [2.45, 2.75) is 25.9 Å². The smallest absolute Gasteiger partial charge is 0.128 e. The van der Waals surface area contributed by atoms with Crippen molar-refractivity contribution in [3.05, 3.63) is 65.0 Å². The van der Waals surface area contributed by atoms with Gasteiger partial charge in [-0.3, -0.25) is 0 Å². The van der Waals surface area contributed by atoms with E-state index in [1.165, 1.54) is 0 Å². The topological polar surface area (TPSA) is 66.0 Å². The van der Waals surface area contributed by atoms with Gasteiger partial charge in [0.25, 0.3) is 0 Å². The number of ether oxygens (including phenoxy) is 2. The van der Waals surface area contributed by atoms with Gasteiger partial charge in [-0.1, -0.05) is 12.7 Å². The Balaban J connectivity index is 2.33. The Hall–Kier alpha value is -2.82. The van der Waals surface area contributed by atoms with E-state index in [-0.39, 0.29) is 6.10 Å². The Kier molecular flexibility index (Phi) is 5.36. The minimum atomic E-state index is 0.0386. The van der Waals surface area contributed by atoms with Crippen LogP contribution in [0.4, 0.5) is 0 Å². The summed E-state index contributed by atoms with van der Waals surface area (Å²) in [6, 6.07) is 8.88. The molecule has 0 saturated carbocycles. The standard InChI is InChI=1S/C19H18N2O2/c1-4-16-17(8-9-19(16)22-3)18(5-2)23-15-7-6-13(11-20)14(10-15)12-21/h4-7,10,19H,1,8-9H2,2-3H3/b18-5+. The van der Waals surface area contributed by atoms with Crippen LogP contribution in [0.25, 0.3) is 0 Å². The highest BCUT2D eigenvalue weighted by Gasteiger charge is 2.26. The van der Waals surface area contributed by atoms with E-state index in [1.807, 2.05) is 31.2 Å². The molecule has 1 aliphatic rings. The van der Waals surface area contributed by atoms with E-state index in [2.05, 4.69) is 6.58 Å². The van der Waals surface area contributed by atoms with Gasteiger partial charge in [0.15, 0.2) is 0 Å². The van der Waals surface area contributed by atoms with Crippen molar-refractivity contribution in [1.29, 1.82) is 10.5 Å². The lowest BCUT2D eigenvalue weighted by molar-refractivity contribution is 0.135. The van der Waals surface area contributed by atoms with Crippen LogP contribution in [-0.2, 0) is 4.74 Å². The third-order valence-corrected chi connectivity index (χ3v) is 3.88. The summed E-state index contributed by atoms with van der Waals surface area (Å²) in [4.78, 5) is 0. The maximum Gasteiger partial charge on any atom is 0.128 e. The molecule has 23 heavy (non-hydrogen) atoms. The second-order valence-electron chi connectivity index (χ2n) is 5.09. The maximum atomic E-state index is 9.11. The van der Waals surface area contributed by atoms with E-state index < -0.39 is 0 Å². The number of hydrogen-bond acceptors (Lipinski definition) is 4. The molecule has 0 spiro atoms. The molecule has 4 heteroatoms. The minimum absolute atomic E-state index is 0.0386. The number of methoxy groups -OCH3 is 1. The first-order valence-electron chi connectivity index (χ1n) is 7.35. The zero-order chi connectivity index (χ0) is 16.8. The SMILES string of the molecule is C=CC1=C(/C(=C\C)Oc2ccc(C#N)c(C#N)c2)CCC1OC. The highest BCUT2D eigenvalue weighted by atomic mass is 16.5. The number of rotatable bonds is 5. The molecule has 0 heterocycles. The van der Waals surface area contributed by atoms with Crippen LogP contribution in [0.5, 0.6) is 5.75 Å². The zero-order valence-electron chi connectivity index (χ0n) is 13.3. The molecule has 1 aromatic rings. The second kappa shape index (κ2) is 7.45. The van der Waals surface area contributed by atoms with E-state index in [0.29, 0.717) is 16.9 Å². The molecule has 4 nitrogen and oxygen atoms in total. The lowest BCUT2D eigenvalue weighted by atomic mass is 10.1. The fourth-order valence-electron chi connectivity index (χ4n) is 2.73. The summed E-state index contributed by atoms with van der Waals surface area (Å²) in [5, 5.41) is 18.1. The largest absolute Gasteiger partial charge is 0.457 e. The van der Waals surface area contributed by atoms with E-state index in [4.69, 9.17) is 20.0 Å². The van der Waals surface area contributed by atoms with Gasteiger partial charge >= 0.3 is 0 Å². The van der Waals surface area contributed by atoms with E-state index >= 15 is 0 Å². The number of nitrogens with zero attached hydrogens (tertiary/aromatic N) is 2. The molecule has 0 aromatic heterocycles. The van der Waals surface area contributed by atoms with Crippen molar-refractivity contribution in [1.82, 2.24) is 0 Å². The van der Waals surface area contributed by atoms with Crippen molar-refractivity contribution >= 4 is 0 Å². The quantitative estimate of drug-likeness (QED) is 0.771. The predicted molar refractivity (Wildman–Crippen MR) is 87.5 cm³/mol. The number of hydrogen-bond donors (Lipinski definition) is 0.